The number of hydrogen-bond donors (Lipinski definition) is 1. The molecule has 0 bridgehead atoms. The van der Waals surface area contributed by atoms with E-state index < -0.39 is 23.6 Å². The van der Waals surface area contributed by atoms with Crippen molar-refractivity contribution in [1.29, 1.82) is 0 Å². The summed E-state index contributed by atoms with van der Waals surface area (Å²) >= 11 is 0. The van der Waals surface area contributed by atoms with Gasteiger partial charge in [0.2, 0.25) is 0 Å². The molecule has 2 fully saturated rings. The van der Waals surface area contributed by atoms with Gasteiger partial charge < -0.3 is 19.9 Å². The first-order chi connectivity index (χ1) is 7.44. The van der Waals surface area contributed by atoms with Crippen LogP contribution in [-0.2, 0) is 19.1 Å². The van der Waals surface area contributed by atoms with Crippen molar-refractivity contribution in [3.8, 4) is 0 Å². The molecule has 0 saturated carbocycles. The van der Waals surface area contributed by atoms with E-state index in [0.717, 1.165) is 0 Å². The standard InChI is InChI=1S/C9H13N2O5/c1-5(4-11(10)14)9-6(2-7(12)15-9)3-8(13)16-9/h5-6H,2-4,10H2,1H3/q-1. The van der Waals surface area contributed by atoms with Gasteiger partial charge in [0.15, 0.2) is 0 Å². The number of carbonyl (C=O) groups excluding carboxylic acids is 2. The monoisotopic (exact) mass is 229 g/mol. The number of nitrogens with zero attached hydrogens (tertiary/aromatic N) is 1. The minimum atomic E-state index is -1.28. The van der Waals surface area contributed by atoms with Crippen molar-refractivity contribution < 1.29 is 19.1 Å². The summed E-state index contributed by atoms with van der Waals surface area (Å²) in [6.45, 7) is 1.61. The molecule has 2 aliphatic heterocycles. The Labute approximate surface area is 92.0 Å². The lowest BCUT2D eigenvalue weighted by molar-refractivity contribution is -0.224. The molecule has 0 radical (unpaired) electrons. The lowest BCUT2D eigenvalue weighted by Gasteiger charge is -2.35. The van der Waals surface area contributed by atoms with Crippen LogP contribution in [0, 0.1) is 17.0 Å². The maximum atomic E-state index is 11.2. The van der Waals surface area contributed by atoms with Crippen LogP contribution >= 0.6 is 0 Å². The van der Waals surface area contributed by atoms with Crippen molar-refractivity contribution in [1.82, 2.24) is 5.17 Å². The fraction of sp³-hybridized carbons (Fsp3) is 0.778. The second kappa shape index (κ2) is 3.69. The number of hydroxylamine groups is 1. The van der Waals surface area contributed by atoms with E-state index in [1.165, 1.54) is 0 Å². The first kappa shape index (κ1) is 11.3. The highest BCUT2D eigenvalue weighted by molar-refractivity contribution is 5.79. The molecule has 0 aromatic carbocycles. The van der Waals surface area contributed by atoms with Crippen LogP contribution < -0.4 is 5.84 Å². The van der Waals surface area contributed by atoms with Gasteiger partial charge in [-0.2, -0.15) is 0 Å². The van der Waals surface area contributed by atoms with E-state index in [-0.39, 0.29) is 30.5 Å². The predicted molar refractivity (Wildman–Crippen MR) is 51.1 cm³/mol. The normalized spacial score (nSPS) is 34.9. The van der Waals surface area contributed by atoms with Gasteiger partial charge in [-0.15, -0.1) is 0 Å². The van der Waals surface area contributed by atoms with Crippen molar-refractivity contribution in [2.24, 2.45) is 17.7 Å². The number of carbonyl (C=O) groups is 2. The summed E-state index contributed by atoms with van der Waals surface area (Å²) in [6, 6.07) is 0. The summed E-state index contributed by atoms with van der Waals surface area (Å²) < 4.78 is 10.2. The first-order valence-corrected chi connectivity index (χ1v) is 5.07. The fourth-order valence-corrected chi connectivity index (χ4v) is 2.39. The molecule has 7 nitrogen and oxygen atoms in total. The number of rotatable bonds is 3. The van der Waals surface area contributed by atoms with Gasteiger partial charge >= 0.3 is 11.9 Å². The molecule has 90 valence electrons. The van der Waals surface area contributed by atoms with E-state index in [1.54, 1.807) is 6.92 Å². The zero-order valence-corrected chi connectivity index (χ0v) is 8.84. The van der Waals surface area contributed by atoms with Crippen molar-refractivity contribution in [3.05, 3.63) is 5.21 Å². The molecule has 2 rings (SSSR count). The third-order valence-electron chi connectivity index (χ3n) is 3.08. The molecule has 1 unspecified atom stereocenters. The lowest BCUT2D eigenvalue weighted by atomic mass is 9.88. The molecule has 0 spiro atoms. The summed E-state index contributed by atoms with van der Waals surface area (Å²) in [6.07, 6.45) is 0.305. The zero-order valence-electron chi connectivity index (χ0n) is 8.84. The van der Waals surface area contributed by atoms with Crippen LogP contribution in [0.25, 0.3) is 0 Å². The predicted octanol–water partition coefficient (Wildman–Crippen LogP) is -0.498. The quantitative estimate of drug-likeness (QED) is 0.395. The molecule has 2 heterocycles. The third kappa shape index (κ3) is 1.66. The summed E-state index contributed by atoms with van der Waals surface area (Å²) in [4.78, 5) is 22.4. The molecule has 0 aliphatic carbocycles. The van der Waals surface area contributed by atoms with Gasteiger partial charge in [0.1, 0.15) is 0 Å². The average Bonchev–Trinajstić information content (AvgIpc) is 2.55. The first-order valence-electron chi connectivity index (χ1n) is 5.07. The number of fused-ring (bicyclic) bond motifs is 1. The highest BCUT2D eigenvalue weighted by Gasteiger charge is 2.60. The van der Waals surface area contributed by atoms with E-state index in [1.807, 2.05) is 0 Å². The van der Waals surface area contributed by atoms with Gasteiger partial charge in [0.05, 0.1) is 18.8 Å². The molecule has 2 N–H and O–H groups in total. The van der Waals surface area contributed by atoms with Gasteiger partial charge in [-0.05, 0) is 0 Å². The Balaban J connectivity index is 2.20. The Bertz CT molecular complexity index is 310. The maximum Gasteiger partial charge on any atom is 0.309 e. The van der Waals surface area contributed by atoms with E-state index in [9.17, 15) is 14.8 Å². The molecule has 0 aromatic heterocycles. The van der Waals surface area contributed by atoms with E-state index in [0.29, 0.717) is 0 Å². The van der Waals surface area contributed by atoms with E-state index >= 15 is 0 Å². The van der Waals surface area contributed by atoms with Crippen molar-refractivity contribution in [3.63, 3.8) is 0 Å². The third-order valence-corrected chi connectivity index (χ3v) is 3.08. The van der Waals surface area contributed by atoms with Gasteiger partial charge in [-0.3, -0.25) is 15.4 Å². The fourth-order valence-electron chi connectivity index (χ4n) is 2.39. The topological polar surface area (TPSA) is 105 Å². The van der Waals surface area contributed by atoms with Crippen molar-refractivity contribution >= 4 is 11.9 Å². The molecule has 7 heteroatoms. The van der Waals surface area contributed by atoms with Crippen LogP contribution in [0.15, 0.2) is 0 Å². The number of nitrogens with two attached hydrogens (primary N) is 1. The maximum absolute atomic E-state index is 11.2. The van der Waals surface area contributed by atoms with Gasteiger partial charge in [-0.1, -0.05) is 6.92 Å². The highest BCUT2D eigenvalue weighted by atomic mass is 16.7. The molecule has 2 aliphatic rings. The van der Waals surface area contributed by atoms with Crippen LogP contribution in [-0.4, -0.2) is 29.4 Å². The van der Waals surface area contributed by atoms with E-state index in [2.05, 4.69) is 0 Å². The second-order valence-corrected chi connectivity index (χ2v) is 4.28. The van der Waals surface area contributed by atoms with Crippen LogP contribution in [0.1, 0.15) is 19.8 Å². The summed E-state index contributed by atoms with van der Waals surface area (Å²) in [5.41, 5.74) is 0. The smallest absolute Gasteiger partial charge is 0.309 e. The number of hydrogen-bond acceptors (Lipinski definition) is 7. The Morgan fingerprint density at radius 2 is 2.00 bits per heavy atom. The molecule has 0 aromatic rings. The minimum absolute atomic E-state index is 0.0585. The highest BCUT2D eigenvalue weighted by Crippen LogP contribution is 2.46. The average molecular weight is 229 g/mol. The van der Waals surface area contributed by atoms with Crippen LogP contribution in [0.2, 0.25) is 0 Å². The molecule has 1 atom stereocenters. The van der Waals surface area contributed by atoms with Crippen molar-refractivity contribution in [2.75, 3.05) is 6.54 Å². The van der Waals surface area contributed by atoms with Gasteiger partial charge in [0, 0.05) is 12.5 Å². The molecule has 2 saturated heterocycles. The Morgan fingerprint density at radius 1 is 1.50 bits per heavy atom. The van der Waals surface area contributed by atoms with E-state index in [4.69, 9.17) is 15.3 Å². The number of esters is 2. The largest absolute Gasteiger partial charge is 0.772 e. The number of ether oxygens (including phenoxy) is 2. The van der Waals surface area contributed by atoms with Gasteiger partial charge in [0.25, 0.3) is 5.79 Å². The van der Waals surface area contributed by atoms with Crippen molar-refractivity contribution in [2.45, 2.75) is 25.6 Å². The Hall–Kier alpha value is -1.18. The molecular weight excluding hydrogens is 216 g/mol. The molecule has 0 amide bonds. The summed E-state index contributed by atoms with van der Waals surface area (Å²) in [5.74, 6) is 2.17. The second-order valence-electron chi connectivity index (χ2n) is 4.28. The zero-order chi connectivity index (χ0) is 11.9. The lowest BCUT2D eigenvalue weighted by Crippen LogP contribution is -2.46. The van der Waals surface area contributed by atoms with Gasteiger partial charge in [-0.25, -0.2) is 0 Å². The summed E-state index contributed by atoms with van der Waals surface area (Å²) in [5, 5.41) is 11.0. The Kier molecular flexibility index (Phi) is 2.61. The van der Waals surface area contributed by atoms with Crippen LogP contribution in [0.4, 0.5) is 0 Å². The Morgan fingerprint density at radius 3 is 2.44 bits per heavy atom. The van der Waals surface area contributed by atoms with Crippen LogP contribution in [0.5, 0.6) is 0 Å². The molecule has 16 heavy (non-hydrogen) atoms. The summed E-state index contributed by atoms with van der Waals surface area (Å²) in [7, 11) is 0. The number of hydrazine groups is 1. The van der Waals surface area contributed by atoms with Crippen LogP contribution in [0.3, 0.4) is 0 Å². The SMILES string of the molecule is CC(CN(N)[O-])C12OC(=O)CC1CC(=O)O2. The minimum Gasteiger partial charge on any atom is -0.772 e. The molecular formula is C9H13N2O5-.